The van der Waals surface area contributed by atoms with Crippen molar-refractivity contribution >= 4 is 23.3 Å². The summed E-state index contributed by atoms with van der Waals surface area (Å²) in [5.41, 5.74) is 4.39. The molecule has 1 aliphatic heterocycles. The van der Waals surface area contributed by atoms with E-state index in [1.165, 1.54) is 43.4 Å². The minimum atomic E-state index is -5.08. The van der Waals surface area contributed by atoms with Crippen LogP contribution in [0.25, 0.3) is 0 Å². The van der Waals surface area contributed by atoms with Crippen LogP contribution in [0.15, 0.2) is 48.5 Å². The molecule has 2 aliphatic rings. The molecule has 0 radical (unpaired) electrons. The molecule has 0 bridgehead atoms. The zero-order valence-corrected chi connectivity index (χ0v) is 16.3. The number of benzene rings is 2. The van der Waals surface area contributed by atoms with Gasteiger partial charge in [-0.05, 0) is 48.7 Å². The average molecular weight is 420 g/mol. The number of carboxylic acids is 1. The Morgan fingerprint density at radius 1 is 1.00 bits per heavy atom. The lowest BCUT2D eigenvalue weighted by atomic mass is 9.70. The van der Waals surface area contributed by atoms with Crippen molar-refractivity contribution in [3.63, 3.8) is 0 Å². The summed E-state index contributed by atoms with van der Waals surface area (Å²) in [4.78, 5) is 21.4. The number of alkyl halides is 3. The highest BCUT2D eigenvalue weighted by atomic mass is 19.4. The number of aliphatic carboxylic acids is 1. The smallest absolute Gasteiger partial charge is 0.475 e. The predicted molar refractivity (Wildman–Crippen MR) is 108 cm³/mol. The number of anilines is 2. The Morgan fingerprint density at radius 2 is 1.63 bits per heavy atom. The van der Waals surface area contributed by atoms with E-state index in [0.717, 1.165) is 17.8 Å². The molecule has 1 spiro atoms. The molecule has 1 fully saturated rings. The van der Waals surface area contributed by atoms with Gasteiger partial charge >= 0.3 is 12.1 Å². The molecule has 4 rings (SSSR count). The second-order valence-corrected chi connectivity index (χ2v) is 7.58. The van der Waals surface area contributed by atoms with Crippen LogP contribution in [0.2, 0.25) is 0 Å². The summed E-state index contributed by atoms with van der Waals surface area (Å²) in [6.45, 7) is 1.02. The van der Waals surface area contributed by atoms with Gasteiger partial charge in [-0.25, -0.2) is 4.79 Å². The maximum absolute atomic E-state index is 12.6. The van der Waals surface area contributed by atoms with Gasteiger partial charge in [0.15, 0.2) is 0 Å². The van der Waals surface area contributed by atoms with E-state index in [2.05, 4.69) is 22.8 Å². The molecule has 0 unspecified atom stereocenters. The third-order valence-electron chi connectivity index (χ3n) is 5.56. The van der Waals surface area contributed by atoms with Crippen LogP contribution >= 0.6 is 0 Å². The van der Waals surface area contributed by atoms with E-state index in [1.54, 1.807) is 0 Å². The first kappa shape index (κ1) is 21.7. The molecule has 3 N–H and O–H groups in total. The Morgan fingerprint density at radius 3 is 2.23 bits per heavy atom. The van der Waals surface area contributed by atoms with Crippen molar-refractivity contribution < 1.29 is 27.9 Å². The highest BCUT2D eigenvalue weighted by Gasteiger charge is 2.40. The molecular weight excluding hydrogens is 397 g/mol. The molecular formula is C22H23F3N2O3. The van der Waals surface area contributed by atoms with E-state index in [4.69, 9.17) is 9.90 Å². The average Bonchev–Trinajstić information content (AvgIpc) is 3.06. The number of halogens is 3. The summed E-state index contributed by atoms with van der Waals surface area (Å²) in [6, 6.07) is 15.7. The number of para-hydroxylation sites is 1. The molecule has 1 heterocycles. The maximum Gasteiger partial charge on any atom is 0.490 e. The highest BCUT2D eigenvalue weighted by molar-refractivity contribution is 6.04. The zero-order chi connectivity index (χ0) is 21.8. The molecule has 0 saturated heterocycles. The van der Waals surface area contributed by atoms with E-state index in [-0.39, 0.29) is 11.3 Å². The van der Waals surface area contributed by atoms with E-state index in [9.17, 15) is 18.0 Å². The standard InChI is InChI=1S/C20H22N2O.C2HF3O2/c23-19(22-16-7-3-1-4-8-16)15-9-10-18-17(13-15)20(14-21-18)11-5-2-6-12-20;3-2(4,5)1(6)7/h1,3-4,7-10,13,21H,2,5-6,11-12,14H2,(H,22,23);(H,6,7). The third-order valence-corrected chi connectivity index (χ3v) is 5.56. The molecule has 30 heavy (non-hydrogen) atoms. The number of hydrogen-bond donors (Lipinski definition) is 3. The lowest BCUT2D eigenvalue weighted by Crippen LogP contribution is -2.31. The van der Waals surface area contributed by atoms with Crippen molar-refractivity contribution in [2.45, 2.75) is 43.7 Å². The number of fused-ring (bicyclic) bond motifs is 2. The minimum Gasteiger partial charge on any atom is -0.475 e. The van der Waals surface area contributed by atoms with Crippen LogP contribution in [0.3, 0.4) is 0 Å². The maximum atomic E-state index is 12.6. The predicted octanol–water partition coefficient (Wildman–Crippen LogP) is 5.20. The van der Waals surface area contributed by atoms with E-state index in [1.807, 2.05) is 36.4 Å². The lowest BCUT2D eigenvalue weighted by molar-refractivity contribution is -0.192. The second kappa shape index (κ2) is 8.77. The monoisotopic (exact) mass is 420 g/mol. The molecule has 0 aromatic heterocycles. The van der Waals surface area contributed by atoms with Gasteiger partial charge in [0.05, 0.1) is 0 Å². The summed E-state index contributed by atoms with van der Waals surface area (Å²) >= 11 is 0. The number of amides is 1. The molecule has 1 aliphatic carbocycles. The Balaban J connectivity index is 0.000000318. The van der Waals surface area contributed by atoms with Gasteiger partial charge in [-0.2, -0.15) is 13.2 Å². The molecule has 1 saturated carbocycles. The zero-order valence-electron chi connectivity index (χ0n) is 16.3. The second-order valence-electron chi connectivity index (χ2n) is 7.58. The SMILES string of the molecule is O=C(Nc1ccccc1)c1ccc2c(c1)C1(CCCCC1)CN2.O=C(O)C(F)(F)F. The van der Waals surface area contributed by atoms with Crippen LogP contribution in [0, 0.1) is 0 Å². The van der Waals surface area contributed by atoms with E-state index < -0.39 is 12.1 Å². The van der Waals surface area contributed by atoms with Crippen LogP contribution in [0.1, 0.15) is 48.0 Å². The van der Waals surface area contributed by atoms with Gasteiger partial charge in [0, 0.05) is 28.9 Å². The Labute approximate surface area is 172 Å². The Hall–Kier alpha value is -3.03. The Kier molecular flexibility index (Phi) is 6.34. The molecule has 160 valence electrons. The van der Waals surface area contributed by atoms with Crippen molar-refractivity contribution in [3.05, 3.63) is 59.7 Å². The van der Waals surface area contributed by atoms with Gasteiger partial charge in [-0.15, -0.1) is 0 Å². The van der Waals surface area contributed by atoms with Crippen LogP contribution in [-0.2, 0) is 10.2 Å². The molecule has 5 nitrogen and oxygen atoms in total. The minimum absolute atomic E-state index is 0.0307. The summed E-state index contributed by atoms with van der Waals surface area (Å²) in [5, 5.41) is 13.7. The summed E-state index contributed by atoms with van der Waals surface area (Å²) in [5.74, 6) is -2.79. The van der Waals surface area contributed by atoms with Crippen molar-refractivity contribution in [2.75, 3.05) is 17.2 Å². The largest absolute Gasteiger partial charge is 0.490 e. The molecule has 8 heteroatoms. The quantitative estimate of drug-likeness (QED) is 0.624. The molecule has 2 aromatic carbocycles. The van der Waals surface area contributed by atoms with Crippen LogP contribution in [0.5, 0.6) is 0 Å². The van der Waals surface area contributed by atoms with Gasteiger partial charge in [0.1, 0.15) is 0 Å². The third kappa shape index (κ3) is 4.93. The van der Waals surface area contributed by atoms with Gasteiger partial charge in [0.25, 0.3) is 5.91 Å². The fraction of sp³-hybridized carbons (Fsp3) is 0.364. The summed E-state index contributed by atoms with van der Waals surface area (Å²) in [7, 11) is 0. The highest BCUT2D eigenvalue weighted by Crippen LogP contribution is 2.46. The van der Waals surface area contributed by atoms with Crippen molar-refractivity contribution in [1.29, 1.82) is 0 Å². The van der Waals surface area contributed by atoms with Crippen LogP contribution in [-0.4, -0.2) is 29.7 Å². The number of carbonyl (C=O) groups is 2. The topological polar surface area (TPSA) is 78.4 Å². The van der Waals surface area contributed by atoms with E-state index in [0.29, 0.717) is 0 Å². The van der Waals surface area contributed by atoms with Crippen LogP contribution in [0.4, 0.5) is 24.5 Å². The summed E-state index contributed by atoms with van der Waals surface area (Å²) < 4.78 is 31.7. The lowest BCUT2D eigenvalue weighted by Gasteiger charge is -2.33. The fourth-order valence-electron chi connectivity index (χ4n) is 4.04. The van der Waals surface area contributed by atoms with Crippen molar-refractivity contribution in [1.82, 2.24) is 0 Å². The molecule has 2 aromatic rings. The number of rotatable bonds is 2. The number of carboxylic acid groups (broad SMARTS) is 1. The van der Waals surface area contributed by atoms with Gasteiger partial charge in [0.2, 0.25) is 0 Å². The van der Waals surface area contributed by atoms with Crippen molar-refractivity contribution in [3.8, 4) is 0 Å². The number of nitrogens with one attached hydrogen (secondary N) is 2. The number of carbonyl (C=O) groups excluding carboxylic acids is 1. The van der Waals surface area contributed by atoms with Gasteiger partial charge < -0.3 is 15.7 Å². The Bertz CT molecular complexity index is 902. The first-order chi connectivity index (χ1) is 14.2. The number of hydrogen-bond acceptors (Lipinski definition) is 3. The normalized spacial score (nSPS) is 16.6. The van der Waals surface area contributed by atoms with Gasteiger partial charge in [-0.3, -0.25) is 4.79 Å². The first-order valence-corrected chi connectivity index (χ1v) is 9.76. The van der Waals surface area contributed by atoms with Crippen molar-refractivity contribution in [2.24, 2.45) is 0 Å². The van der Waals surface area contributed by atoms with Gasteiger partial charge in [-0.1, -0.05) is 37.5 Å². The summed E-state index contributed by atoms with van der Waals surface area (Å²) in [6.07, 6.45) is 1.31. The molecule has 0 atom stereocenters. The first-order valence-electron chi connectivity index (χ1n) is 9.76. The van der Waals surface area contributed by atoms with Crippen LogP contribution < -0.4 is 10.6 Å². The van der Waals surface area contributed by atoms with E-state index >= 15 is 0 Å². The molecule has 1 amide bonds. The fourth-order valence-corrected chi connectivity index (χ4v) is 4.04.